The normalized spacial score (nSPS) is 20.3. The topological polar surface area (TPSA) is 66.9 Å². The highest BCUT2D eigenvalue weighted by atomic mass is 19.1. The number of halogens is 1. The minimum absolute atomic E-state index is 0.118. The molecule has 3 atom stereocenters. The van der Waals surface area contributed by atoms with Crippen molar-refractivity contribution in [3.05, 3.63) is 30.3 Å². The summed E-state index contributed by atoms with van der Waals surface area (Å²) in [6.07, 6.45) is 3.84. The van der Waals surface area contributed by atoms with Crippen LogP contribution in [0.5, 0.6) is 5.75 Å². The van der Waals surface area contributed by atoms with Gasteiger partial charge in [0.25, 0.3) is 0 Å². The van der Waals surface area contributed by atoms with Crippen molar-refractivity contribution in [2.45, 2.75) is 59.6 Å². The summed E-state index contributed by atoms with van der Waals surface area (Å²) >= 11 is 0. The zero-order valence-electron chi connectivity index (χ0n) is 18.3. The molecule has 160 valence electrons. The van der Waals surface area contributed by atoms with E-state index in [0.717, 1.165) is 17.7 Å². The monoisotopic (exact) mass is 411 g/mol. The minimum Gasteiger partial charge on any atom is -0.488 e. The molecule has 1 saturated heterocycles. The number of aromatic nitrogens is 4. The first-order chi connectivity index (χ1) is 14.4. The lowest BCUT2D eigenvalue weighted by Gasteiger charge is -2.23. The van der Waals surface area contributed by atoms with Crippen LogP contribution in [0.1, 0.15) is 47.5 Å². The van der Waals surface area contributed by atoms with E-state index in [1.54, 1.807) is 12.4 Å². The Labute approximate surface area is 176 Å². The Morgan fingerprint density at radius 3 is 2.77 bits per heavy atom. The Kier molecular flexibility index (Phi) is 5.62. The highest BCUT2D eigenvalue weighted by molar-refractivity contribution is 5.93. The summed E-state index contributed by atoms with van der Waals surface area (Å²) in [7, 11) is 0. The second-order valence-electron chi connectivity index (χ2n) is 8.71. The molecule has 0 amide bonds. The molecule has 1 aliphatic rings. The second-order valence-corrected chi connectivity index (χ2v) is 8.71. The van der Waals surface area contributed by atoms with E-state index in [2.05, 4.69) is 45.8 Å². The van der Waals surface area contributed by atoms with Gasteiger partial charge in [-0.25, -0.2) is 14.4 Å². The Bertz CT molecular complexity index is 1030. The van der Waals surface area contributed by atoms with Gasteiger partial charge in [0.05, 0.1) is 17.3 Å². The lowest BCUT2D eigenvalue weighted by Crippen LogP contribution is -2.28. The maximum Gasteiger partial charge on any atom is 0.167 e. The van der Waals surface area contributed by atoms with E-state index in [-0.39, 0.29) is 11.9 Å². The summed E-state index contributed by atoms with van der Waals surface area (Å²) in [5.41, 5.74) is 2.00. The standard InChI is InChI=1S/C23H30FN5O/c1-6-14(4)16-7-15(5)29(11-16)22-10-20(25-12-26-22)23-17-8-21(30-13(2)3)18(24)9-19(17)27-28-23/h8-10,12-16H,6-7,11H2,1-5H3,(H,27,28). The highest BCUT2D eigenvalue weighted by Crippen LogP contribution is 2.35. The first-order valence-electron chi connectivity index (χ1n) is 10.8. The van der Waals surface area contributed by atoms with E-state index in [4.69, 9.17) is 4.74 Å². The number of hydrogen-bond acceptors (Lipinski definition) is 5. The SMILES string of the molecule is CCC(C)C1CC(C)N(c2cc(-c3n[nH]c4cc(F)c(OC(C)C)cc34)ncn2)C1. The maximum absolute atomic E-state index is 14.3. The largest absolute Gasteiger partial charge is 0.488 e. The van der Waals surface area contributed by atoms with Gasteiger partial charge in [-0.2, -0.15) is 5.10 Å². The molecule has 0 aliphatic carbocycles. The van der Waals surface area contributed by atoms with E-state index in [0.29, 0.717) is 34.8 Å². The van der Waals surface area contributed by atoms with Gasteiger partial charge < -0.3 is 9.64 Å². The Balaban J connectivity index is 1.68. The van der Waals surface area contributed by atoms with Crippen LogP contribution >= 0.6 is 0 Å². The van der Waals surface area contributed by atoms with Gasteiger partial charge in [-0.1, -0.05) is 20.3 Å². The zero-order chi connectivity index (χ0) is 21.4. The molecule has 1 N–H and O–H groups in total. The first-order valence-corrected chi connectivity index (χ1v) is 10.8. The van der Waals surface area contributed by atoms with E-state index < -0.39 is 5.82 Å². The minimum atomic E-state index is -0.406. The van der Waals surface area contributed by atoms with Crippen molar-refractivity contribution in [2.24, 2.45) is 11.8 Å². The van der Waals surface area contributed by atoms with Crippen molar-refractivity contribution in [1.82, 2.24) is 20.2 Å². The number of rotatable bonds is 6. The number of fused-ring (bicyclic) bond motifs is 1. The van der Waals surface area contributed by atoms with Crippen molar-refractivity contribution in [3.63, 3.8) is 0 Å². The number of hydrogen-bond donors (Lipinski definition) is 1. The molecule has 4 rings (SSSR count). The van der Waals surface area contributed by atoms with Gasteiger partial charge in [-0.05, 0) is 45.1 Å². The lowest BCUT2D eigenvalue weighted by molar-refractivity contribution is 0.231. The molecule has 6 nitrogen and oxygen atoms in total. The van der Waals surface area contributed by atoms with Crippen LogP contribution in [0.4, 0.5) is 10.2 Å². The van der Waals surface area contributed by atoms with Gasteiger partial charge in [0.1, 0.15) is 17.8 Å². The molecule has 1 fully saturated rings. The highest BCUT2D eigenvalue weighted by Gasteiger charge is 2.32. The maximum atomic E-state index is 14.3. The van der Waals surface area contributed by atoms with Gasteiger partial charge in [0.15, 0.2) is 11.6 Å². The number of nitrogens with zero attached hydrogens (tertiary/aromatic N) is 4. The predicted octanol–water partition coefficient (Wildman–Crippen LogP) is 5.21. The molecule has 1 aromatic carbocycles. The van der Waals surface area contributed by atoms with Crippen molar-refractivity contribution >= 4 is 16.7 Å². The fraction of sp³-hybridized carbons (Fsp3) is 0.522. The third-order valence-electron chi connectivity index (χ3n) is 6.22. The number of aromatic amines is 1. The third-order valence-corrected chi connectivity index (χ3v) is 6.22. The number of benzene rings is 1. The van der Waals surface area contributed by atoms with Crippen LogP contribution in [0.25, 0.3) is 22.3 Å². The number of ether oxygens (including phenoxy) is 1. The van der Waals surface area contributed by atoms with Crippen LogP contribution in [0.3, 0.4) is 0 Å². The molecule has 3 unspecified atom stereocenters. The van der Waals surface area contributed by atoms with Crippen LogP contribution in [0.15, 0.2) is 24.5 Å². The zero-order valence-corrected chi connectivity index (χ0v) is 18.3. The van der Waals surface area contributed by atoms with Gasteiger partial charge in [0.2, 0.25) is 0 Å². The van der Waals surface area contributed by atoms with Crippen molar-refractivity contribution < 1.29 is 9.13 Å². The summed E-state index contributed by atoms with van der Waals surface area (Å²) in [6.45, 7) is 11.6. The molecule has 30 heavy (non-hydrogen) atoms. The third kappa shape index (κ3) is 3.85. The Hall–Kier alpha value is -2.70. The molecule has 0 spiro atoms. The van der Waals surface area contributed by atoms with Crippen LogP contribution < -0.4 is 9.64 Å². The molecule has 2 aromatic heterocycles. The molecule has 0 radical (unpaired) electrons. The van der Waals surface area contributed by atoms with E-state index in [1.807, 2.05) is 19.9 Å². The van der Waals surface area contributed by atoms with Crippen LogP contribution in [0, 0.1) is 17.7 Å². The van der Waals surface area contributed by atoms with Crippen LogP contribution in [-0.4, -0.2) is 38.9 Å². The molecular formula is C23H30FN5O. The molecule has 1 aliphatic heterocycles. The fourth-order valence-corrected chi connectivity index (χ4v) is 4.33. The molecular weight excluding hydrogens is 381 g/mol. The number of nitrogens with one attached hydrogen (secondary N) is 1. The molecule has 3 aromatic rings. The van der Waals surface area contributed by atoms with Gasteiger partial charge >= 0.3 is 0 Å². The van der Waals surface area contributed by atoms with E-state index in [1.165, 1.54) is 18.9 Å². The molecule has 3 heterocycles. The van der Waals surface area contributed by atoms with Gasteiger partial charge in [-0.3, -0.25) is 5.10 Å². The fourth-order valence-electron chi connectivity index (χ4n) is 4.33. The van der Waals surface area contributed by atoms with E-state index in [9.17, 15) is 4.39 Å². The quantitative estimate of drug-likeness (QED) is 0.603. The summed E-state index contributed by atoms with van der Waals surface area (Å²) in [5.74, 6) is 2.10. The van der Waals surface area contributed by atoms with Crippen molar-refractivity contribution in [3.8, 4) is 17.1 Å². The number of anilines is 1. The molecule has 7 heteroatoms. The Morgan fingerprint density at radius 1 is 1.23 bits per heavy atom. The van der Waals surface area contributed by atoms with Crippen molar-refractivity contribution in [2.75, 3.05) is 11.4 Å². The average molecular weight is 412 g/mol. The summed E-state index contributed by atoms with van der Waals surface area (Å²) in [5, 5.41) is 8.11. The van der Waals surface area contributed by atoms with E-state index >= 15 is 0 Å². The second kappa shape index (κ2) is 8.20. The van der Waals surface area contributed by atoms with Crippen molar-refractivity contribution in [1.29, 1.82) is 0 Å². The Morgan fingerprint density at radius 2 is 2.03 bits per heavy atom. The smallest absolute Gasteiger partial charge is 0.167 e. The lowest BCUT2D eigenvalue weighted by atomic mass is 9.90. The molecule has 0 bridgehead atoms. The summed E-state index contributed by atoms with van der Waals surface area (Å²) in [6, 6.07) is 5.54. The van der Waals surface area contributed by atoms with Gasteiger partial charge in [0, 0.05) is 30.1 Å². The average Bonchev–Trinajstić information content (AvgIpc) is 3.30. The van der Waals surface area contributed by atoms with Gasteiger partial charge in [-0.15, -0.1) is 0 Å². The van der Waals surface area contributed by atoms with Crippen LogP contribution in [0.2, 0.25) is 0 Å². The summed E-state index contributed by atoms with van der Waals surface area (Å²) in [4.78, 5) is 11.4. The van der Waals surface area contributed by atoms with Crippen LogP contribution in [-0.2, 0) is 0 Å². The predicted molar refractivity (Wildman–Crippen MR) is 117 cm³/mol. The first kappa shape index (κ1) is 20.6. The number of H-pyrrole nitrogens is 1. The molecule has 0 saturated carbocycles. The summed E-state index contributed by atoms with van der Waals surface area (Å²) < 4.78 is 19.9.